The van der Waals surface area contributed by atoms with Crippen molar-refractivity contribution in [1.29, 1.82) is 0 Å². The Bertz CT molecular complexity index is 1960. The summed E-state index contributed by atoms with van der Waals surface area (Å²) in [6, 6.07) is 17.8. The standard InChI is InChI=1S/C33H26N4O9/c1-32(2)16-22-25(24(39)17-32)33(31(44)36(22)34-29(42)19-11-8-12-20(15-19)37(45)46)26(27(40)18-9-4-3-5-10-18)28(41)30(43)35(33)21-13-6-7-14-23(21)38/h3-15,38,40H,16-17H2,1-2H3,(H,34,42)/b27-26-. The van der Waals surface area contributed by atoms with Crippen LogP contribution in [-0.2, 0) is 19.2 Å². The molecule has 13 nitrogen and oxygen atoms in total. The predicted molar refractivity (Wildman–Crippen MR) is 162 cm³/mol. The fraction of sp³-hybridized carbons (Fsp3) is 0.182. The van der Waals surface area contributed by atoms with Crippen LogP contribution >= 0.6 is 0 Å². The Hall–Kier alpha value is -6.11. The molecule has 0 bridgehead atoms. The minimum atomic E-state index is -2.63. The Morgan fingerprint density at radius 3 is 2.24 bits per heavy atom. The van der Waals surface area contributed by atoms with Gasteiger partial charge in [-0.25, -0.2) is 5.01 Å². The number of phenols is 1. The summed E-state index contributed by atoms with van der Waals surface area (Å²) in [5.41, 5.74) is -2.84. The number of nitrogens with one attached hydrogen (secondary N) is 1. The number of aliphatic hydroxyl groups excluding tert-OH is 1. The molecule has 2 aliphatic heterocycles. The monoisotopic (exact) mass is 622 g/mol. The van der Waals surface area contributed by atoms with Crippen molar-refractivity contribution in [2.24, 2.45) is 5.41 Å². The third-order valence-corrected chi connectivity index (χ3v) is 8.26. The fourth-order valence-electron chi connectivity index (χ4n) is 6.36. The number of nitro groups is 1. The molecule has 1 atom stereocenters. The van der Waals surface area contributed by atoms with Crippen LogP contribution in [-0.4, -0.2) is 55.0 Å². The van der Waals surface area contributed by atoms with E-state index < -0.39 is 62.2 Å². The number of fused-ring (bicyclic) bond motifs is 1. The van der Waals surface area contributed by atoms with Gasteiger partial charge in [0.2, 0.25) is 0 Å². The van der Waals surface area contributed by atoms with E-state index in [0.29, 0.717) is 4.90 Å². The molecule has 1 spiro atoms. The van der Waals surface area contributed by atoms with Crippen molar-refractivity contribution in [3.63, 3.8) is 0 Å². The number of Topliss-reactive ketones (excluding diaryl/α,β-unsaturated/α-hetero) is 2. The largest absolute Gasteiger partial charge is 0.507 e. The number of carbonyl (C=O) groups is 5. The summed E-state index contributed by atoms with van der Waals surface area (Å²) in [6.45, 7) is 3.52. The second-order valence-corrected chi connectivity index (χ2v) is 11.9. The maximum Gasteiger partial charge on any atom is 0.300 e. The molecule has 3 aromatic rings. The number of amides is 3. The molecule has 3 N–H and O–H groups in total. The van der Waals surface area contributed by atoms with Crippen LogP contribution in [0.4, 0.5) is 11.4 Å². The smallest absolute Gasteiger partial charge is 0.300 e. The van der Waals surface area contributed by atoms with Crippen molar-refractivity contribution >= 4 is 46.4 Å². The number of phenolic OH excluding ortho intramolecular Hbond substituents is 1. The van der Waals surface area contributed by atoms with E-state index >= 15 is 0 Å². The van der Waals surface area contributed by atoms with E-state index in [0.717, 1.165) is 11.1 Å². The molecular weight excluding hydrogens is 596 g/mol. The number of aliphatic hydroxyl groups is 1. The zero-order valence-electron chi connectivity index (χ0n) is 24.5. The Kier molecular flexibility index (Phi) is 6.84. The van der Waals surface area contributed by atoms with Crippen LogP contribution in [0.3, 0.4) is 0 Å². The molecule has 1 unspecified atom stereocenters. The van der Waals surface area contributed by atoms with Gasteiger partial charge in [0.05, 0.1) is 27.5 Å². The molecule has 1 fully saturated rings. The number of nitrogens with zero attached hydrogens (tertiary/aromatic N) is 3. The zero-order valence-corrected chi connectivity index (χ0v) is 24.5. The van der Waals surface area contributed by atoms with E-state index in [1.165, 1.54) is 54.6 Å². The summed E-state index contributed by atoms with van der Waals surface area (Å²) >= 11 is 0. The van der Waals surface area contributed by atoms with Gasteiger partial charge in [-0.15, -0.1) is 0 Å². The fourth-order valence-corrected chi connectivity index (χ4v) is 6.36. The molecule has 232 valence electrons. The molecule has 46 heavy (non-hydrogen) atoms. The van der Waals surface area contributed by atoms with Crippen molar-refractivity contribution in [2.45, 2.75) is 32.2 Å². The van der Waals surface area contributed by atoms with Gasteiger partial charge in [-0.05, 0) is 30.0 Å². The highest BCUT2D eigenvalue weighted by atomic mass is 16.6. The second-order valence-electron chi connectivity index (χ2n) is 11.9. The van der Waals surface area contributed by atoms with E-state index in [1.807, 2.05) is 0 Å². The maximum atomic E-state index is 15.0. The average Bonchev–Trinajstić information content (AvgIpc) is 3.38. The van der Waals surface area contributed by atoms with E-state index in [2.05, 4.69) is 5.43 Å². The zero-order chi connectivity index (χ0) is 33.1. The number of hydrazine groups is 1. The molecule has 1 saturated heterocycles. The summed E-state index contributed by atoms with van der Waals surface area (Å²) in [4.78, 5) is 81.9. The van der Waals surface area contributed by atoms with Crippen LogP contribution in [0.1, 0.15) is 42.6 Å². The van der Waals surface area contributed by atoms with E-state index in [4.69, 9.17) is 0 Å². The highest BCUT2D eigenvalue weighted by molar-refractivity contribution is 6.56. The lowest BCUT2D eigenvalue weighted by Gasteiger charge is -2.37. The van der Waals surface area contributed by atoms with E-state index in [9.17, 15) is 44.3 Å². The molecule has 2 heterocycles. The Labute approximate surface area is 261 Å². The van der Waals surface area contributed by atoms with Crippen molar-refractivity contribution in [3.05, 3.63) is 117 Å². The van der Waals surface area contributed by atoms with Crippen LogP contribution in [0.15, 0.2) is 95.7 Å². The number of allylic oxidation sites excluding steroid dienone is 1. The van der Waals surface area contributed by atoms with Crippen LogP contribution < -0.4 is 10.3 Å². The van der Waals surface area contributed by atoms with Gasteiger partial charge in [0.1, 0.15) is 11.5 Å². The molecule has 3 amide bonds. The predicted octanol–water partition coefficient (Wildman–Crippen LogP) is 3.75. The van der Waals surface area contributed by atoms with Crippen molar-refractivity contribution in [2.75, 3.05) is 4.90 Å². The molecule has 6 rings (SSSR count). The summed E-state index contributed by atoms with van der Waals surface area (Å²) < 4.78 is 0. The minimum absolute atomic E-state index is 0.00710. The quantitative estimate of drug-likeness (QED) is 0.125. The molecule has 0 radical (unpaired) electrons. The van der Waals surface area contributed by atoms with Crippen LogP contribution in [0.5, 0.6) is 5.75 Å². The highest BCUT2D eigenvalue weighted by Crippen LogP contribution is 2.56. The van der Waals surface area contributed by atoms with Crippen LogP contribution in [0, 0.1) is 15.5 Å². The Morgan fingerprint density at radius 2 is 1.57 bits per heavy atom. The van der Waals surface area contributed by atoms with E-state index in [1.54, 1.807) is 32.0 Å². The Balaban J connectivity index is 1.65. The summed E-state index contributed by atoms with van der Waals surface area (Å²) in [5.74, 6) is -6.59. The number of para-hydroxylation sites is 2. The molecule has 1 aliphatic carbocycles. The number of nitro benzene ring substituents is 1. The SMILES string of the molecule is CC1(C)CC(=O)C2=C(C1)N(NC(=O)c1cccc([N+](=O)[O-])c1)C(=O)C21/C(=C(\O)c2ccccc2)C(=O)C(=O)N1c1ccccc1O. The number of benzene rings is 3. The molecule has 0 aromatic heterocycles. The Morgan fingerprint density at radius 1 is 0.913 bits per heavy atom. The molecular formula is C33H26N4O9. The topological polar surface area (TPSA) is 187 Å². The van der Waals surface area contributed by atoms with E-state index in [-0.39, 0.29) is 46.6 Å². The summed E-state index contributed by atoms with van der Waals surface area (Å²) in [6.07, 6.45) is -0.114. The van der Waals surface area contributed by atoms with Crippen molar-refractivity contribution < 1.29 is 39.1 Å². The number of carbonyl (C=O) groups excluding carboxylic acids is 5. The summed E-state index contributed by atoms with van der Waals surface area (Å²) in [7, 11) is 0. The molecule has 0 saturated carbocycles. The average molecular weight is 623 g/mol. The number of non-ortho nitro benzene ring substituents is 1. The molecule has 3 aromatic carbocycles. The third kappa shape index (κ3) is 4.35. The lowest BCUT2D eigenvalue weighted by Crippen LogP contribution is -2.58. The van der Waals surface area contributed by atoms with Gasteiger partial charge in [0.25, 0.3) is 23.3 Å². The molecule has 13 heteroatoms. The first-order valence-electron chi connectivity index (χ1n) is 14.1. The first-order valence-corrected chi connectivity index (χ1v) is 14.1. The first-order chi connectivity index (χ1) is 21.8. The molecule has 3 aliphatic rings. The van der Waals surface area contributed by atoms with Crippen LogP contribution in [0.2, 0.25) is 0 Å². The second kappa shape index (κ2) is 10.5. The lowest BCUT2D eigenvalue weighted by molar-refractivity contribution is -0.384. The van der Waals surface area contributed by atoms with Crippen molar-refractivity contribution in [3.8, 4) is 5.75 Å². The number of hydrogen-bond donors (Lipinski definition) is 3. The van der Waals surface area contributed by atoms with Gasteiger partial charge >= 0.3 is 5.91 Å². The maximum absolute atomic E-state index is 15.0. The first kappa shape index (κ1) is 29.9. The minimum Gasteiger partial charge on any atom is -0.507 e. The van der Waals surface area contributed by atoms with Gasteiger partial charge in [-0.1, -0.05) is 62.4 Å². The van der Waals surface area contributed by atoms with Gasteiger partial charge in [0, 0.05) is 29.7 Å². The van der Waals surface area contributed by atoms with Gasteiger partial charge < -0.3 is 10.2 Å². The number of rotatable bonds is 5. The highest BCUT2D eigenvalue weighted by Gasteiger charge is 2.71. The summed E-state index contributed by atoms with van der Waals surface area (Å²) in [5, 5.41) is 34.7. The van der Waals surface area contributed by atoms with Crippen molar-refractivity contribution in [1.82, 2.24) is 10.4 Å². The number of hydrogen-bond acceptors (Lipinski definition) is 9. The lowest BCUT2D eigenvalue weighted by atomic mass is 9.70. The van der Waals surface area contributed by atoms with Gasteiger partial charge in [-0.2, -0.15) is 0 Å². The third-order valence-electron chi connectivity index (χ3n) is 8.26. The van der Waals surface area contributed by atoms with Crippen LogP contribution in [0.25, 0.3) is 5.76 Å². The number of ketones is 2. The normalized spacial score (nSPS) is 21.6. The van der Waals surface area contributed by atoms with Gasteiger partial charge in [0.15, 0.2) is 11.3 Å². The number of anilines is 1. The van der Waals surface area contributed by atoms with Gasteiger partial charge in [-0.3, -0.25) is 44.4 Å². The number of aromatic hydroxyl groups is 1.